The number of nitrogens with one attached hydrogen (secondary N) is 2. The number of benzene rings is 1. The van der Waals surface area contributed by atoms with Gasteiger partial charge in [0.2, 0.25) is 0 Å². The summed E-state index contributed by atoms with van der Waals surface area (Å²) >= 11 is 0. The molecule has 0 aliphatic rings. The summed E-state index contributed by atoms with van der Waals surface area (Å²) in [5.74, 6) is 1.73. The molecule has 0 aliphatic heterocycles. The summed E-state index contributed by atoms with van der Waals surface area (Å²) in [5, 5.41) is 16.4. The molecule has 0 bridgehead atoms. The number of rotatable bonds is 8. The first-order valence-corrected chi connectivity index (χ1v) is 7.59. The Morgan fingerprint density at radius 1 is 1.24 bits per heavy atom. The average molecular weight is 293 g/mol. The van der Waals surface area contributed by atoms with Crippen molar-refractivity contribution in [3.05, 3.63) is 23.8 Å². The summed E-state index contributed by atoms with van der Waals surface area (Å²) in [4.78, 5) is 4.50. The maximum absolute atomic E-state index is 9.85. The molecule has 5 heteroatoms. The summed E-state index contributed by atoms with van der Waals surface area (Å²) in [5.41, 5.74) is 0.750. The van der Waals surface area contributed by atoms with E-state index in [-0.39, 0.29) is 5.75 Å². The SMILES string of the molecule is CCCCCNC(=NCc1cc(OC)ccc1O)NCC. The predicted octanol–water partition coefficient (Wildman–Crippen LogP) is 2.65. The minimum absolute atomic E-state index is 0.237. The number of unbranched alkanes of at least 4 members (excludes halogenated alkanes) is 2. The van der Waals surface area contributed by atoms with Crippen molar-refractivity contribution in [3.63, 3.8) is 0 Å². The number of aliphatic imine (C=N–C) groups is 1. The van der Waals surface area contributed by atoms with Gasteiger partial charge >= 0.3 is 0 Å². The third kappa shape index (κ3) is 6.38. The van der Waals surface area contributed by atoms with Crippen LogP contribution in [0.4, 0.5) is 0 Å². The molecule has 0 fully saturated rings. The van der Waals surface area contributed by atoms with Gasteiger partial charge in [0.1, 0.15) is 11.5 Å². The number of methoxy groups -OCH3 is 1. The molecule has 0 heterocycles. The van der Waals surface area contributed by atoms with E-state index in [9.17, 15) is 5.11 Å². The molecular formula is C16H27N3O2. The molecule has 3 N–H and O–H groups in total. The number of phenols is 1. The van der Waals surface area contributed by atoms with Gasteiger partial charge in [0.15, 0.2) is 5.96 Å². The zero-order valence-electron chi connectivity index (χ0n) is 13.3. The lowest BCUT2D eigenvalue weighted by Gasteiger charge is -2.11. The molecule has 0 aromatic heterocycles. The lowest BCUT2D eigenvalue weighted by atomic mass is 10.2. The van der Waals surface area contributed by atoms with Gasteiger partial charge in [-0.15, -0.1) is 0 Å². The maximum atomic E-state index is 9.85. The van der Waals surface area contributed by atoms with Crippen molar-refractivity contribution < 1.29 is 9.84 Å². The van der Waals surface area contributed by atoms with Crippen molar-refractivity contribution in [2.75, 3.05) is 20.2 Å². The molecule has 0 amide bonds. The number of hydrogen-bond donors (Lipinski definition) is 3. The largest absolute Gasteiger partial charge is 0.508 e. The normalized spacial score (nSPS) is 11.3. The minimum Gasteiger partial charge on any atom is -0.508 e. The van der Waals surface area contributed by atoms with Crippen molar-refractivity contribution in [1.29, 1.82) is 0 Å². The molecule has 0 saturated carbocycles. The fourth-order valence-corrected chi connectivity index (χ4v) is 1.90. The summed E-state index contributed by atoms with van der Waals surface area (Å²) in [7, 11) is 1.61. The van der Waals surface area contributed by atoms with Gasteiger partial charge in [0.05, 0.1) is 13.7 Å². The molecule has 0 atom stereocenters. The molecule has 118 valence electrons. The summed E-state index contributed by atoms with van der Waals surface area (Å²) in [6.07, 6.45) is 3.54. The van der Waals surface area contributed by atoms with Crippen LogP contribution in [0, 0.1) is 0 Å². The lowest BCUT2D eigenvalue weighted by molar-refractivity contribution is 0.411. The molecule has 0 radical (unpaired) electrons. The second-order valence-corrected chi connectivity index (χ2v) is 4.82. The first-order chi connectivity index (χ1) is 10.2. The van der Waals surface area contributed by atoms with E-state index < -0.39 is 0 Å². The van der Waals surface area contributed by atoms with E-state index in [1.165, 1.54) is 12.8 Å². The van der Waals surface area contributed by atoms with Crippen LogP contribution in [-0.2, 0) is 6.54 Å². The van der Waals surface area contributed by atoms with Crippen LogP contribution in [0.5, 0.6) is 11.5 Å². The summed E-state index contributed by atoms with van der Waals surface area (Å²) in [6, 6.07) is 5.17. The van der Waals surface area contributed by atoms with Crippen LogP contribution in [-0.4, -0.2) is 31.3 Å². The first kappa shape index (κ1) is 17.1. The number of phenolic OH excluding ortho intramolecular Hbond substituents is 1. The zero-order chi connectivity index (χ0) is 15.5. The van der Waals surface area contributed by atoms with Crippen LogP contribution in [0.2, 0.25) is 0 Å². The van der Waals surface area contributed by atoms with Crippen molar-refractivity contribution in [1.82, 2.24) is 10.6 Å². The van der Waals surface area contributed by atoms with Gasteiger partial charge in [-0.1, -0.05) is 19.8 Å². The van der Waals surface area contributed by atoms with Crippen LogP contribution in [0.3, 0.4) is 0 Å². The molecule has 0 aliphatic carbocycles. The molecular weight excluding hydrogens is 266 g/mol. The van der Waals surface area contributed by atoms with Crippen LogP contribution < -0.4 is 15.4 Å². The van der Waals surface area contributed by atoms with E-state index in [4.69, 9.17) is 4.74 Å². The Labute approximate surface area is 127 Å². The monoisotopic (exact) mass is 293 g/mol. The van der Waals surface area contributed by atoms with Crippen LogP contribution in [0.1, 0.15) is 38.7 Å². The molecule has 0 spiro atoms. The van der Waals surface area contributed by atoms with Gasteiger partial charge in [-0.05, 0) is 31.5 Å². The highest BCUT2D eigenvalue weighted by molar-refractivity contribution is 5.79. The average Bonchev–Trinajstić information content (AvgIpc) is 2.50. The second-order valence-electron chi connectivity index (χ2n) is 4.82. The lowest BCUT2D eigenvalue weighted by Crippen LogP contribution is -2.37. The third-order valence-corrected chi connectivity index (χ3v) is 3.11. The van der Waals surface area contributed by atoms with Gasteiger partial charge in [0, 0.05) is 18.7 Å². The van der Waals surface area contributed by atoms with Crippen molar-refractivity contribution in [2.24, 2.45) is 4.99 Å². The van der Waals surface area contributed by atoms with E-state index in [1.54, 1.807) is 25.3 Å². The quantitative estimate of drug-likeness (QED) is 0.392. The molecule has 1 aromatic rings. The molecule has 21 heavy (non-hydrogen) atoms. The van der Waals surface area contributed by atoms with Gasteiger partial charge in [-0.3, -0.25) is 0 Å². The highest BCUT2D eigenvalue weighted by Gasteiger charge is 2.03. The summed E-state index contributed by atoms with van der Waals surface area (Å²) < 4.78 is 5.17. The fourth-order valence-electron chi connectivity index (χ4n) is 1.90. The maximum Gasteiger partial charge on any atom is 0.191 e. The smallest absolute Gasteiger partial charge is 0.191 e. The van der Waals surface area contributed by atoms with E-state index in [1.807, 2.05) is 6.92 Å². The predicted molar refractivity (Wildman–Crippen MR) is 87.0 cm³/mol. The van der Waals surface area contributed by atoms with E-state index in [0.29, 0.717) is 6.54 Å². The summed E-state index contributed by atoms with van der Waals surface area (Å²) in [6.45, 7) is 6.34. The molecule has 1 aromatic carbocycles. The van der Waals surface area contributed by atoms with Crippen LogP contribution in [0.15, 0.2) is 23.2 Å². The van der Waals surface area contributed by atoms with E-state index >= 15 is 0 Å². The number of hydrogen-bond acceptors (Lipinski definition) is 3. The Morgan fingerprint density at radius 2 is 2.05 bits per heavy atom. The Hall–Kier alpha value is -1.91. The topological polar surface area (TPSA) is 65.9 Å². The standard InChI is InChI=1S/C16H27N3O2/c1-4-6-7-10-18-16(17-5-2)19-12-13-11-14(21-3)8-9-15(13)20/h8-9,11,20H,4-7,10,12H2,1-3H3,(H2,17,18,19). The Morgan fingerprint density at radius 3 is 2.71 bits per heavy atom. The van der Waals surface area contributed by atoms with E-state index in [0.717, 1.165) is 36.8 Å². The fraction of sp³-hybridized carbons (Fsp3) is 0.562. The van der Waals surface area contributed by atoms with Crippen molar-refractivity contribution in [3.8, 4) is 11.5 Å². The number of nitrogens with zero attached hydrogens (tertiary/aromatic N) is 1. The zero-order valence-corrected chi connectivity index (χ0v) is 13.3. The van der Waals surface area contributed by atoms with Gasteiger partial charge in [-0.25, -0.2) is 4.99 Å². The number of aromatic hydroxyl groups is 1. The van der Waals surface area contributed by atoms with Crippen molar-refractivity contribution in [2.45, 2.75) is 39.7 Å². The molecule has 0 unspecified atom stereocenters. The van der Waals surface area contributed by atoms with Crippen LogP contribution in [0.25, 0.3) is 0 Å². The second kappa shape index (κ2) is 9.91. The van der Waals surface area contributed by atoms with Gasteiger partial charge in [-0.2, -0.15) is 0 Å². The Balaban J connectivity index is 2.64. The minimum atomic E-state index is 0.237. The molecule has 1 rings (SSSR count). The molecule has 0 saturated heterocycles. The van der Waals surface area contributed by atoms with Crippen LogP contribution >= 0.6 is 0 Å². The van der Waals surface area contributed by atoms with Gasteiger partial charge < -0.3 is 20.5 Å². The Bertz CT molecular complexity index is 447. The van der Waals surface area contributed by atoms with Gasteiger partial charge in [0.25, 0.3) is 0 Å². The number of ether oxygens (including phenoxy) is 1. The number of guanidine groups is 1. The highest BCUT2D eigenvalue weighted by atomic mass is 16.5. The highest BCUT2D eigenvalue weighted by Crippen LogP contribution is 2.23. The van der Waals surface area contributed by atoms with Crippen molar-refractivity contribution >= 4 is 5.96 Å². The van der Waals surface area contributed by atoms with E-state index in [2.05, 4.69) is 22.5 Å². The third-order valence-electron chi connectivity index (χ3n) is 3.11. The first-order valence-electron chi connectivity index (χ1n) is 7.59. The molecule has 5 nitrogen and oxygen atoms in total. The Kier molecular flexibility index (Phi) is 8.09.